The molecule has 100 valence electrons. The van der Waals surface area contributed by atoms with Crippen LogP contribution in [0.3, 0.4) is 0 Å². The van der Waals surface area contributed by atoms with Gasteiger partial charge in [0.05, 0.1) is 9.92 Å². The maximum Gasteiger partial charge on any atom is 0.412 e. The molecule has 0 saturated heterocycles. The predicted molar refractivity (Wildman–Crippen MR) is 68.9 cm³/mol. The Morgan fingerprint density at radius 3 is 2.61 bits per heavy atom. The molecule has 5 nitrogen and oxygen atoms in total. The van der Waals surface area contributed by atoms with E-state index >= 15 is 0 Å². The van der Waals surface area contributed by atoms with Crippen LogP contribution in [0.15, 0.2) is 23.1 Å². The van der Waals surface area contributed by atoms with Gasteiger partial charge in [0.2, 0.25) is 0 Å². The van der Waals surface area contributed by atoms with E-state index in [0.29, 0.717) is 6.54 Å². The lowest BCUT2D eigenvalue weighted by Crippen LogP contribution is -2.27. The zero-order valence-corrected chi connectivity index (χ0v) is 11.6. The molecule has 1 aromatic carbocycles. The van der Waals surface area contributed by atoms with Crippen molar-refractivity contribution in [2.75, 3.05) is 12.8 Å². The van der Waals surface area contributed by atoms with E-state index in [-0.39, 0.29) is 15.7 Å². The van der Waals surface area contributed by atoms with Gasteiger partial charge in [-0.25, -0.2) is 13.2 Å². The highest BCUT2D eigenvalue weighted by molar-refractivity contribution is 7.90. The van der Waals surface area contributed by atoms with Crippen LogP contribution < -0.4 is 10.1 Å². The molecule has 1 amide bonds. The third kappa shape index (κ3) is 4.19. The summed E-state index contributed by atoms with van der Waals surface area (Å²) in [4.78, 5) is 11.4. The summed E-state index contributed by atoms with van der Waals surface area (Å²) in [5.41, 5.74) is 0. The molecule has 0 aliphatic heterocycles. The Bertz CT molecular complexity index is 542. The first-order chi connectivity index (χ1) is 8.34. The van der Waals surface area contributed by atoms with Gasteiger partial charge in [-0.15, -0.1) is 0 Å². The molecule has 0 unspecified atom stereocenters. The molecule has 1 N–H and O–H groups in total. The maximum atomic E-state index is 11.3. The highest BCUT2D eigenvalue weighted by Gasteiger charge is 2.12. The monoisotopic (exact) mass is 291 g/mol. The highest BCUT2D eigenvalue weighted by Crippen LogP contribution is 2.27. The van der Waals surface area contributed by atoms with Crippen LogP contribution >= 0.6 is 11.6 Å². The van der Waals surface area contributed by atoms with Gasteiger partial charge in [0, 0.05) is 12.8 Å². The summed E-state index contributed by atoms with van der Waals surface area (Å²) in [6.07, 6.45) is 1.24. The standard InChI is InChI=1S/C11H14ClNO4S/c1-3-6-13-11(14)17-10-5-4-8(7-9(10)12)18(2,15)16/h4-5,7H,3,6H2,1-2H3,(H,13,14). The van der Waals surface area contributed by atoms with Crippen LogP contribution in [0.5, 0.6) is 5.75 Å². The molecule has 0 spiro atoms. The normalized spacial score (nSPS) is 11.1. The number of benzene rings is 1. The number of halogens is 1. The van der Waals surface area contributed by atoms with E-state index in [9.17, 15) is 13.2 Å². The zero-order chi connectivity index (χ0) is 13.8. The van der Waals surface area contributed by atoms with E-state index in [1.54, 1.807) is 0 Å². The average Bonchev–Trinajstić information content (AvgIpc) is 2.27. The summed E-state index contributed by atoms with van der Waals surface area (Å²) < 4.78 is 27.5. The zero-order valence-electron chi connectivity index (χ0n) is 10.1. The number of carbonyl (C=O) groups excluding carboxylic acids is 1. The Kier molecular flexibility index (Phi) is 4.98. The summed E-state index contributed by atoms with van der Waals surface area (Å²) in [5, 5.41) is 2.59. The smallest absolute Gasteiger partial charge is 0.409 e. The summed E-state index contributed by atoms with van der Waals surface area (Å²) in [6, 6.07) is 3.94. The van der Waals surface area contributed by atoms with E-state index in [0.717, 1.165) is 12.7 Å². The number of hydrogen-bond acceptors (Lipinski definition) is 4. The van der Waals surface area contributed by atoms with Crippen molar-refractivity contribution in [3.63, 3.8) is 0 Å². The molecule has 0 radical (unpaired) electrons. The fourth-order valence-corrected chi connectivity index (χ4v) is 2.09. The number of hydrogen-bond donors (Lipinski definition) is 1. The fourth-order valence-electron chi connectivity index (χ4n) is 1.16. The Morgan fingerprint density at radius 1 is 1.44 bits per heavy atom. The summed E-state index contributed by atoms with van der Waals surface area (Å²) in [7, 11) is -3.33. The van der Waals surface area contributed by atoms with E-state index in [2.05, 4.69) is 5.32 Å². The van der Waals surface area contributed by atoms with Gasteiger partial charge in [0.1, 0.15) is 0 Å². The minimum Gasteiger partial charge on any atom is -0.409 e. The van der Waals surface area contributed by atoms with Crippen molar-refractivity contribution in [3.05, 3.63) is 23.2 Å². The van der Waals surface area contributed by atoms with Gasteiger partial charge in [-0.1, -0.05) is 18.5 Å². The van der Waals surface area contributed by atoms with Gasteiger partial charge >= 0.3 is 6.09 Å². The van der Waals surface area contributed by atoms with Crippen LogP contribution in [0.25, 0.3) is 0 Å². The Labute approximate surface area is 111 Å². The van der Waals surface area contributed by atoms with Crippen molar-refractivity contribution in [3.8, 4) is 5.75 Å². The number of nitrogens with one attached hydrogen (secondary N) is 1. The van der Waals surface area contributed by atoms with Crippen LogP contribution in [-0.2, 0) is 9.84 Å². The quantitative estimate of drug-likeness (QED) is 0.923. The van der Waals surface area contributed by atoms with Crippen molar-refractivity contribution in [2.45, 2.75) is 18.2 Å². The average molecular weight is 292 g/mol. The topological polar surface area (TPSA) is 72.5 Å². The minimum atomic E-state index is -3.33. The number of ether oxygens (including phenoxy) is 1. The Morgan fingerprint density at radius 2 is 2.11 bits per heavy atom. The lowest BCUT2D eigenvalue weighted by atomic mass is 10.3. The first-order valence-electron chi connectivity index (χ1n) is 5.30. The van der Waals surface area contributed by atoms with Gasteiger partial charge in [-0.3, -0.25) is 0 Å². The maximum absolute atomic E-state index is 11.3. The predicted octanol–water partition coefficient (Wildman–Crippen LogP) is 2.24. The van der Waals surface area contributed by atoms with Gasteiger partial charge in [-0.05, 0) is 24.6 Å². The van der Waals surface area contributed by atoms with Crippen LogP contribution in [0.2, 0.25) is 5.02 Å². The summed E-state index contributed by atoms with van der Waals surface area (Å²) >= 11 is 5.84. The van der Waals surface area contributed by atoms with E-state index in [4.69, 9.17) is 16.3 Å². The Balaban J connectivity index is 2.84. The number of carbonyl (C=O) groups is 1. The molecule has 0 atom stereocenters. The highest BCUT2D eigenvalue weighted by atomic mass is 35.5. The molecule has 7 heteroatoms. The molecule has 0 aliphatic carbocycles. The van der Waals surface area contributed by atoms with Gasteiger partial charge in [0.25, 0.3) is 0 Å². The van der Waals surface area contributed by atoms with Gasteiger partial charge < -0.3 is 10.1 Å². The lowest BCUT2D eigenvalue weighted by molar-refractivity contribution is 0.200. The minimum absolute atomic E-state index is 0.0737. The summed E-state index contributed by atoms with van der Waals surface area (Å²) in [5.74, 6) is 0.123. The van der Waals surface area contributed by atoms with E-state index in [1.807, 2.05) is 6.92 Å². The molecule has 1 rings (SSSR count). The van der Waals surface area contributed by atoms with Crippen molar-refractivity contribution in [2.24, 2.45) is 0 Å². The molecular formula is C11H14ClNO4S. The lowest BCUT2D eigenvalue weighted by Gasteiger charge is -2.08. The van der Waals surface area contributed by atoms with Crippen LogP contribution in [0.1, 0.15) is 13.3 Å². The molecule has 1 aromatic rings. The first-order valence-corrected chi connectivity index (χ1v) is 7.57. The van der Waals surface area contributed by atoms with Crippen molar-refractivity contribution < 1.29 is 17.9 Å². The molecule has 0 heterocycles. The van der Waals surface area contributed by atoms with Crippen LogP contribution in [0.4, 0.5) is 4.79 Å². The van der Waals surface area contributed by atoms with Gasteiger partial charge in [0.15, 0.2) is 15.6 Å². The fraction of sp³-hybridized carbons (Fsp3) is 0.364. The molecule has 0 bridgehead atoms. The second-order valence-electron chi connectivity index (χ2n) is 3.68. The molecule has 0 aromatic heterocycles. The second-order valence-corrected chi connectivity index (χ2v) is 6.10. The Hall–Kier alpha value is -1.27. The second kappa shape index (κ2) is 6.06. The van der Waals surface area contributed by atoms with Crippen molar-refractivity contribution >= 4 is 27.5 Å². The summed E-state index contributed by atoms with van der Waals surface area (Å²) in [6.45, 7) is 2.41. The number of amides is 1. The first kappa shape index (κ1) is 14.8. The third-order valence-corrected chi connectivity index (χ3v) is 3.46. The van der Waals surface area contributed by atoms with E-state index in [1.165, 1.54) is 18.2 Å². The van der Waals surface area contributed by atoms with Crippen molar-refractivity contribution in [1.29, 1.82) is 0 Å². The van der Waals surface area contributed by atoms with Gasteiger partial charge in [-0.2, -0.15) is 0 Å². The molecule has 0 saturated carbocycles. The van der Waals surface area contributed by atoms with Crippen LogP contribution in [-0.4, -0.2) is 27.3 Å². The van der Waals surface area contributed by atoms with Crippen molar-refractivity contribution in [1.82, 2.24) is 5.32 Å². The van der Waals surface area contributed by atoms with Crippen LogP contribution in [0, 0.1) is 0 Å². The third-order valence-electron chi connectivity index (χ3n) is 2.05. The number of sulfone groups is 1. The SMILES string of the molecule is CCCNC(=O)Oc1ccc(S(C)(=O)=O)cc1Cl. The molecule has 0 aliphatic rings. The van der Waals surface area contributed by atoms with E-state index < -0.39 is 15.9 Å². The molecule has 18 heavy (non-hydrogen) atoms. The molecule has 0 fully saturated rings. The molecular weight excluding hydrogens is 278 g/mol. The largest absolute Gasteiger partial charge is 0.412 e. The number of rotatable bonds is 4.